The third-order valence-corrected chi connectivity index (χ3v) is 2.81. The summed E-state index contributed by atoms with van der Waals surface area (Å²) in [6.45, 7) is 2.00. The average Bonchev–Trinajstić information content (AvgIpc) is 2.84. The summed E-state index contributed by atoms with van der Waals surface area (Å²) in [7, 11) is 1.68. The third kappa shape index (κ3) is 2.90. The van der Waals surface area contributed by atoms with Crippen molar-refractivity contribution in [2.45, 2.75) is 25.9 Å². The van der Waals surface area contributed by atoms with Crippen LogP contribution in [0.4, 0.5) is 0 Å². The van der Waals surface area contributed by atoms with Crippen LogP contribution in [-0.2, 0) is 0 Å². The lowest BCUT2D eigenvalue weighted by Crippen LogP contribution is -2.12. The lowest BCUT2D eigenvalue weighted by atomic mass is 10.2. The van der Waals surface area contributed by atoms with Crippen LogP contribution >= 0.6 is 0 Å². The monoisotopic (exact) mass is 230 g/mol. The van der Waals surface area contributed by atoms with E-state index in [4.69, 9.17) is 9.47 Å². The van der Waals surface area contributed by atoms with Gasteiger partial charge in [-0.3, -0.25) is 0 Å². The van der Waals surface area contributed by atoms with Crippen LogP contribution in [0, 0.1) is 0 Å². The molecular weight excluding hydrogens is 212 g/mol. The highest BCUT2D eigenvalue weighted by molar-refractivity contribution is 5.55. The molecule has 0 fully saturated rings. The van der Waals surface area contributed by atoms with Gasteiger partial charge >= 0.3 is 0 Å². The predicted molar refractivity (Wildman–Crippen MR) is 70.5 cm³/mol. The first-order valence-electron chi connectivity index (χ1n) is 5.96. The number of hydrogen-bond acceptors (Lipinski definition) is 2. The van der Waals surface area contributed by atoms with Crippen molar-refractivity contribution in [2.75, 3.05) is 7.11 Å². The topological polar surface area (TPSA) is 18.5 Å². The van der Waals surface area contributed by atoms with Gasteiger partial charge in [-0.05, 0) is 24.6 Å². The van der Waals surface area contributed by atoms with Crippen molar-refractivity contribution in [3.63, 3.8) is 0 Å². The Kier molecular flexibility index (Phi) is 3.86. The molecule has 0 heterocycles. The zero-order valence-corrected chi connectivity index (χ0v) is 10.3. The molecule has 0 atom stereocenters. The van der Waals surface area contributed by atoms with E-state index in [0.717, 1.165) is 29.9 Å². The highest BCUT2D eigenvalue weighted by atomic mass is 16.5. The maximum Gasteiger partial charge on any atom is 0.161 e. The molecule has 0 aromatic heterocycles. The van der Waals surface area contributed by atoms with Crippen molar-refractivity contribution >= 4 is 6.08 Å². The summed E-state index contributed by atoms with van der Waals surface area (Å²) >= 11 is 0. The van der Waals surface area contributed by atoms with Crippen molar-refractivity contribution < 1.29 is 9.47 Å². The molecule has 0 unspecified atom stereocenters. The molecule has 0 spiro atoms. The number of allylic oxidation sites excluding steroid dienone is 1. The van der Waals surface area contributed by atoms with E-state index in [1.807, 2.05) is 37.3 Å². The van der Waals surface area contributed by atoms with E-state index in [-0.39, 0.29) is 6.10 Å². The smallest absolute Gasteiger partial charge is 0.161 e. The quantitative estimate of drug-likeness (QED) is 0.732. The molecule has 2 nitrogen and oxygen atoms in total. The Morgan fingerprint density at radius 1 is 1.18 bits per heavy atom. The van der Waals surface area contributed by atoms with E-state index in [1.54, 1.807) is 7.11 Å². The molecule has 90 valence electrons. The summed E-state index contributed by atoms with van der Waals surface area (Å²) in [5.41, 5.74) is 1.13. The molecule has 1 aromatic carbocycles. The van der Waals surface area contributed by atoms with Gasteiger partial charge in [0.15, 0.2) is 11.5 Å². The van der Waals surface area contributed by atoms with Crippen LogP contribution in [0.25, 0.3) is 6.08 Å². The van der Waals surface area contributed by atoms with Crippen LogP contribution < -0.4 is 9.47 Å². The summed E-state index contributed by atoms with van der Waals surface area (Å²) in [6.07, 6.45) is 10.6. The number of rotatable bonds is 4. The molecule has 2 heteroatoms. The lowest BCUT2D eigenvalue weighted by Gasteiger charge is -2.16. The molecule has 1 aliphatic rings. The Morgan fingerprint density at radius 2 is 1.94 bits per heavy atom. The summed E-state index contributed by atoms with van der Waals surface area (Å²) in [5, 5.41) is 0. The van der Waals surface area contributed by atoms with Gasteiger partial charge in [0, 0.05) is 12.8 Å². The van der Waals surface area contributed by atoms with Gasteiger partial charge in [0.1, 0.15) is 6.10 Å². The van der Waals surface area contributed by atoms with Gasteiger partial charge in [0.05, 0.1) is 7.11 Å². The van der Waals surface area contributed by atoms with Crippen molar-refractivity contribution in [1.29, 1.82) is 0 Å². The number of ether oxygens (including phenoxy) is 2. The zero-order chi connectivity index (χ0) is 12.1. The summed E-state index contributed by atoms with van der Waals surface area (Å²) in [6, 6.07) is 6.02. The maximum atomic E-state index is 5.92. The summed E-state index contributed by atoms with van der Waals surface area (Å²) < 4.78 is 11.3. The van der Waals surface area contributed by atoms with Gasteiger partial charge < -0.3 is 9.47 Å². The van der Waals surface area contributed by atoms with Gasteiger partial charge in [-0.15, -0.1) is 0 Å². The fourth-order valence-corrected chi connectivity index (χ4v) is 1.95. The van der Waals surface area contributed by atoms with Crippen molar-refractivity contribution in [2.24, 2.45) is 0 Å². The van der Waals surface area contributed by atoms with E-state index in [0.29, 0.717) is 0 Å². The number of benzene rings is 1. The van der Waals surface area contributed by atoms with E-state index >= 15 is 0 Å². The van der Waals surface area contributed by atoms with Gasteiger partial charge in [0.2, 0.25) is 0 Å². The standard InChI is InChI=1S/C15H18O2/c1-3-6-12-9-10-14(15(11-12)16-2)17-13-7-4-5-8-13/h3-6,9-11,13H,7-8H2,1-2H3. The van der Waals surface area contributed by atoms with Crippen LogP contribution in [0.3, 0.4) is 0 Å². The van der Waals surface area contributed by atoms with Crippen molar-refractivity contribution in [3.05, 3.63) is 42.0 Å². The normalized spacial score (nSPS) is 15.6. The van der Waals surface area contributed by atoms with E-state index in [9.17, 15) is 0 Å². The van der Waals surface area contributed by atoms with Gasteiger partial charge in [-0.2, -0.15) is 0 Å². The second-order valence-electron chi connectivity index (χ2n) is 4.09. The largest absolute Gasteiger partial charge is 0.493 e. The van der Waals surface area contributed by atoms with Crippen LogP contribution in [0.15, 0.2) is 36.4 Å². The Hall–Kier alpha value is -1.70. The van der Waals surface area contributed by atoms with Gasteiger partial charge in [0.25, 0.3) is 0 Å². The van der Waals surface area contributed by atoms with Gasteiger partial charge in [-0.1, -0.05) is 30.4 Å². The minimum Gasteiger partial charge on any atom is -0.493 e. The molecule has 1 aliphatic carbocycles. The minimum atomic E-state index is 0.261. The number of methoxy groups -OCH3 is 1. The molecule has 0 radical (unpaired) electrons. The molecular formula is C15H18O2. The summed E-state index contributed by atoms with van der Waals surface area (Å²) in [5.74, 6) is 1.63. The molecule has 0 amide bonds. The second kappa shape index (κ2) is 5.58. The fourth-order valence-electron chi connectivity index (χ4n) is 1.95. The molecule has 1 aromatic rings. The van der Waals surface area contributed by atoms with Crippen LogP contribution in [0.5, 0.6) is 11.5 Å². The Balaban J connectivity index is 2.15. The average molecular weight is 230 g/mol. The van der Waals surface area contributed by atoms with Crippen LogP contribution in [0.2, 0.25) is 0 Å². The lowest BCUT2D eigenvalue weighted by molar-refractivity contribution is 0.206. The maximum absolute atomic E-state index is 5.92. The Morgan fingerprint density at radius 3 is 2.59 bits per heavy atom. The molecule has 0 N–H and O–H groups in total. The van der Waals surface area contributed by atoms with Crippen LogP contribution in [0.1, 0.15) is 25.3 Å². The molecule has 0 bridgehead atoms. The highest BCUT2D eigenvalue weighted by Crippen LogP contribution is 2.31. The molecule has 17 heavy (non-hydrogen) atoms. The first-order valence-corrected chi connectivity index (χ1v) is 5.96. The first-order chi connectivity index (χ1) is 8.33. The van der Waals surface area contributed by atoms with E-state index < -0.39 is 0 Å². The summed E-state index contributed by atoms with van der Waals surface area (Å²) in [4.78, 5) is 0. The number of hydrogen-bond donors (Lipinski definition) is 0. The fraction of sp³-hybridized carbons (Fsp3) is 0.333. The van der Waals surface area contributed by atoms with Crippen molar-refractivity contribution in [3.8, 4) is 11.5 Å². The molecule has 0 saturated carbocycles. The molecule has 0 aliphatic heterocycles. The molecule has 2 rings (SSSR count). The van der Waals surface area contributed by atoms with Crippen LogP contribution in [-0.4, -0.2) is 13.2 Å². The van der Waals surface area contributed by atoms with Crippen molar-refractivity contribution in [1.82, 2.24) is 0 Å². The van der Waals surface area contributed by atoms with E-state index in [1.165, 1.54) is 0 Å². The minimum absolute atomic E-state index is 0.261. The SMILES string of the molecule is CC=Cc1ccc(OC2CC=CC2)c(OC)c1. The Labute approximate surface area is 103 Å². The Bertz CT molecular complexity index is 425. The second-order valence-corrected chi connectivity index (χ2v) is 4.09. The predicted octanol–water partition coefficient (Wildman–Crippen LogP) is 3.83. The third-order valence-electron chi connectivity index (χ3n) is 2.81. The van der Waals surface area contributed by atoms with E-state index in [2.05, 4.69) is 12.2 Å². The molecule has 0 saturated heterocycles. The first kappa shape index (κ1) is 11.8. The zero-order valence-electron chi connectivity index (χ0n) is 10.3. The van der Waals surface area contributed by atoms with Gasteiger partial charge in [-0.25, -0.2) is 0 Å². The highest BCUT2D eigenvalue weighted by Gasteiger charge is 2.14.